The van der Waals surface area contributed by atoms with E-state index in [1.165, 1.54) is 19.6 Å². The number of ether oxygens (including phenoxy) is 1. The summed E-state index contributed by atoms with van der Waals surface area (Å²) in [6.45, 7) is 0.846. The normalized spacial score (nSPS) is 10.5. The van der Waals surface area contributed by atoms with Crippen molar-refractivity contribution in [3.63, 3.8) is 0 Å². The van der Waals surface area contributed by atoms with Gasteiger partial charge < -0.3 is 15.4 Å². The van der Waals surface area contributed by atoms with Crippen molar-refractivity contribution in [2.75, 3.05) is 53.4 Å². The molecule has 45 heavy (non-hydrogen) atoms. The fraction of sp³-hybridized carbons (Fsp3) is 0.200. The monoisotopic (exact) mass is 607 g/mol. The second-order valence-corrected chi connectivity index (χ2v) is 10.3. The Kier molecular flexibility index (Phi) is 10.9. The number of hydrogen-bond acceptors (Lipinski definition) is 5. The average molecular weight is 608 g/mol. The number of likely N-dealkylation sites (N-methyl/N-ethyl adjacent to an activating group) is 1. The van der Waals surface area contributed by atoms with Crippen LogP contribution in [0.4, 0.5) is 27.5 Å². The summed E-state index contributed by atoms with van der Waals surface area (Å²) >= 11 is 0. The van der Waals surface area contributed by atoms with Gasteiger partial charge in [0, 0.05) is 31.2 Å². The van der Waals surface area contributed by atoms with E-state index in [4.69, 9.17) is 10.5 Å². The highest BCUT2D eigenvalue weighted by Gasteiger charge is 2.30. The molecule has 0 saturated carbocycles. The molecule has 232 valence electrons. The lowest BCUT2D eigenvalue weighted by atomic mass is 10.1. The number of hydrogen-bond donors (Lipinski definition) is 1. The Labute approximate surface area is 263 Å². The van der Waals surface area contributed by atoms with Crippen LogP contribution in [0, 0.1) is 0 Å². The molecule has 10 heteroatoms. The summed E-state index contributed by atoms with van der Waals surface area (Å²) in [5.74, 6) is -1.44. The summed E-state index contributed by atoms with van der Waals surface area (Å²) < 4.78 is 5.63. The van der Waals surface area contributed by atoms with Gasteiger partial charge in [-0.3, -0.25) is 29.1 Å². The zero-order valence-corrected chi connectivity index (χ0v) is 25.6. The van der Waals surface area contributed by atoms with E-state index in [-0.39, 0.29) is 23.9 Å². The second kappa shape index (κ2) is 15.2. The molecule has 5 amide bonds. The lowest BCUT2D eigenvalue weighted by molar-refractivity contribution is -0.121. The standard InChI is InChI=1S/C35H37N5O5/c1-4-26-14-13-19-29(22-26)38(3)35(44)39(28-17-9-6-10-18-28)24-34(43)40(23-33(42)37(2)27-15-7-5-8-16-27)30-20-11-12-21-31(30)45-25-32(36)41/h5-22H,4,23-25H2,1-3H3,(H2,36,41). The van der Waals surface area contributed by atoms with E-state index in [0.29, 0.717) is 17.1 Å². The number of carbonyl (C=O) groups is 4. The molecule has 4 rings (SSSR count). The number of para-hydroxylation sites is 4. The first kappa shape index (κ1) is 32.3. The van der Waals surface area contributed by atoms with Crippen molar-refractivity contribution in [1.82, 2.24) is 0 Å². The van der Waals surface area contributed by atoms with Crippen molar-refractivity contribution in [1.29, 1.82) is 0 Å². The molecule has 0 radical (unpaired) electrons. The molecule has 0 unspecified atom stereocenters. The molecule has 0 aromatic heterocycles. The van der Waals surface area contributed by atoms with Gasteiger partial charge in [0.25, 0.3) is 5.91 Å². The van der Waals surface area contributed by atoms with Crippen molar-refractivity contribution in [3.05, 3.63) is 115 Å². The van der Waals surface area contributed by atoms with Crippen molar-refractivity contribution in [2.45, 2.75) is 13.3 Å². The van der Waals surface area contributed by atoms with Gasteiger partial charge in [-0.2, -0.15) is 0 Å². The Morgan fingerprint density at radius 3 is 1.87 bits per heavy atom. The third-order valence-corrected chi connectivity index (χ3v) is 7.22. The first-order valence-corrected chi connectivity index (χ1v) is 14.5. The zero-order chi connectivity index (χ0) is 32.3. The maximum absolute atomic E-state index is 14.3. The van der Waals surface area contributed by atoms with E-state index in [0.717, 1.165) is 12.0 Å². The van der Waals surface area contributed by atoms with Crippen LogP contribution < -0.4 is 30.1 Å². The number of rotatable bonds is 12. The summed E-state index contributed by atoms with van der Waals surface area (Å²) in [5, 5.41) is 0. The fourth-order valence-electron chi connectivity index (χ4n) is 4.67. The van der Waals surface area contributed by atoms with Gasteiger partial charge in [0.15, 0.2) is 6.61 Å². The van der Waals surface area contributed by atoms with Crippen LogP contribution in [0.2, 0.25) is 0 Å². The summed E-state index contributed by atoms with van der Waals surface area (Å²) in [6.07, 6.45) is 0.800. The van der Waals surface area contributed by atoms with Crippen LogP contribution >= 0.6 is 0 Å². The molecule has 10 nitrogen and oxygen atoms in total. The molecule has 4 aromatic rings. The van der Waals surface area contributed by atoms with Gasteiger partial charge in [0.1, 0.15) is 18.8 Å². The van der Waals surface area contributed by atoms with Crippen LogP contribution in [0.25, 0.3) is 0 Å². The minimum Gasteiger partial charge on any atom is -0.482 e. The van der Waals surface area contributed by atoms with E-state index in [1.54, 1.807) is 74.8 Å². The SMILES string of the molecule is CCc1cccc(N(C)C(=O)N(CC(=O)N(CC(=O)N(C)c2ccccc2)c2ccccc2OCC(N)=O)c2ccccc2)c1. The molecule has 0 saturated heterocycles. The maximum atomic E-state index is 14.3. The van der Waals surface area contributed by atoms with E-state index in [2.05, 4.69) is 0 Å². The summed E-state index contributed by atoms with van der Waals surface area (Å²) in [4.78, 5) is 59.0. The first-order valence-electron chi connectivity index (χ1n) is 14.5. The molecule has 0 atom stereocenters. The lowest BCUT2D eigenvalue weighted by Crippen LogP contribution is -2.50. The molecule has 0 aliphatic rings. The number of urea groups is 1. The number of primary amides is 1. The Balaban J connectivity index is 1.71. The Morgan fingerprint density at radius 2 is 1.22 bits per heavy atom. The maximum Gasteiger partial charge on any atom is 0.329 e. The summed E-state index contributed by atoms with van der Waals surface area (Å²) in [6, 6.07) is 31.6. The molecule has 0 bridgehead atoms. The van der Waals surface area contributed by atoms with Gasteiger partial charge in [0.2, 0.25) is 11.8 Å². The Bertz CT molecular complexity index is 1630. The predicted molar refractivity (Wildman–Crippen MR) is 177 cm³/mol. The van der Waals surface area contributed by atoms with E-state index in [9.17, 15) is 19.2 Å². The highest BCUT2D eigenvalue weighted by atomic mass is 16.5. The lowest BCUT2D eigenvalue weighted by Gasteiger charge is -2.32. The van der Waals surface area contributed by atoms with Gasteiger partial charge >= 0.3 is 6.03 Å². The van der Waals surface area contributed by atoms with Crippen molar-refractivity contribution in [2.24, 2.45) is 5.73 Å². The molecule has 0 spiro atoms. The smallest absolute Gasteiger partial charge is 0.329 e. The number of carbonyl (C=O) groups excluding carboxylic acids is 4. The van der Waals surface area contributed by atoms with Gasteiger partial charge in [-0.15, -0.1) is 0 Å². The van der Waals surface area contributed by atoms with Crippen LogP contribution in [0.1, 0.15) is 12.5 Å². The van der Waals surface area contributed by atoms with Crippen molar-refractivity contribution >= 4 is 46.5 Å². The third kappa shape index (κ3) is 8.26. The number of nitrogens with two attached hydrogens (primary N) is 1. The summed E-state index contributed by atoms with van der Waals surface area (Å²) in [7, 11) is 3.27. The number of amides is 5. The van der Waals surface area contributed by atoms with Crippen LogP contribution in [0.5, 0.6) is 5.75 Å². The molecule has 0 aliphatic heterocycles. The number of anilines is 4. The van der Waals surface area contributed by atoms with Crippen LogP contribution in [0.3, 0.4) is 0 Å². The van der Waals surface area contributed by atoms with Crippen molar-refractivity contribution in [3.8, 4) is 5.75 Å². The highest BCUT2D eigenvalue weighted by molar-refractivity contribution is 6.11. The first-order chi connectivity index (χ1) is 21.7. The average Bonchev–Trinajstić information content (AvgIpc) is 3.08. The van der Waals surface area contributed by atoms with Crippen LogP contribution in [-0.4, -0.2) is 57.5 Å². The fourth-order valence-corrected chi connectivity index (χ4v) is 4.67. The van der Waals surface area contributed by atoms with E-state index < -0.39 is 31.0 Å². The van der Waals surface area contributed by atoms with E-state index in [1.807, 2.05) is 55.5 Å². The molecule has 4 aromatic carbocycles. The number of nitrogens with zero attached hydrogens (tertiary/aromatic N) is 4. The number of aryl methyl sites for hydroxylation is 1. The van der Waals surface area contributed by atoms with Crippen LogP contribution in [0.15, 0.2) is 109 Å². The molecular formula is C35H37N5O5. The Morgan fingerprint density at radius 1 is 0.644 bits per heavy atom. The largest absolute Gasteiger partial charge is 0.482 e. The third-order valence-electron chi connectivity index (χ3n) is 7.22. The summed E-state index contributed by atoms with van der Waals surface area (Å²) in [5.41, 5.74) is 8.45. The molecular weight excluding hydrogens is 570 g/mol. The second-order valence-electron chi connectivity index (χ2n) is 10.3. The number of benzene rings is 4. The zero-order valence-electron chi connectivity index (χ0n) is 25.6. The van der Waals surface area contributed by atoms with Gasteiger partial charge in [-0.25, -0.2) is 4.79 Å². The van der Waals surface area contributed by atoms with Gasteiger partial charge in [0.05, 0.1) is 5.69 Å². The van der Waals surface area contributed by atoms with E-state index >= 15 is 0 Å². The predicted octanol–water partition coefficient (Wildman–Crippen LogP) is 4.87. The minimum absolute atomic E-state index is 0.186. The van der Waals surface area contributed by atoms with Gasteiger partial charge in [-0.1, -0.05) is 67.6 Å². The molecule has 0 fully saturated rings. The van der Waals surface area contributed by atoms with Crippen molar-refractivity contribution < 1.29 is 23.9 Å². The quantitative estimate of drug-likeness (QED) is 0.247. The minimum atomic E-state index is -0.696. The molecule has 0 aliphatic carbocycles. The molecule has 2 N–H and O–H groups in total. The molecule has 0 heterocycles. The highest BCUT2D eigenvalue weighted by Crippen LogP contribution is 2.29. The van der Waals surface area contributed by atoms with Gasteiger partial charge in [-0.05, 0) is 60.5 Å². The van der Waals surface area contributed by atoms with Crippen LogP contribution in [-0.2, 0) is 20.8 Å². The Hall–Kier alpha value is -5.64. The topological polar surface area (TPSA) is 116 Å².